The van der Waals surface area contributed by atoms with Gasteiger partial charge in [-0.3, -0.25) is 0 Å². The lowest BCUT2D eigenvalue weighted by Crippen LogP contribution is -2.03. The Hall–Kier alpha value is -1.75. The van der Waals surface area contributed by atoms with Gasteiger partial charge in [0.15, 0.2) is 0 Å². The van der Waals surface area contributed by atoms with Gasteiger partial charge in [-0.05, 0) is 25.1 Å². The molecule has 0 atom stereocenters. The number of aryl methyl sites for hydroxylation is 2. The van der Waals surface area contributed by atoms with Crippen LogP contribution in [0.15, 0.2) is 18.2 Å². The molecule has 0 spiro atoms. The molecule has 0 aliphatic heterocycles. The van der Waals surface area contributed by atoms with E-state index < -0.39 is 5.82 Å². The third-order valence-electron chi connectivity index (χ3n) is 2.87. The van der Waals surface area contributed by atoms with Crippen molar-refractivity contribution in [2.45, 2.75) is 13.5 Å². The molecule has 0 radical (unpaired) electrons. The van der Waals surface area contributed by atoms with E-state index in [4.69, 9.17) is 16.3 Å². The summed E-state index contributed by atoms with van der Waals surface area (Å²) >= 11 is 5.64. The van der Waals surface area contributed by atoms with E-state index in [9.17, 15) is 4.39 Å². The maximum atomic E-state index is 13.3. The number of nitrogens with one attached hydrogen (secondary N) is 1. The van der Waals surface area contributed by atoms with Crippen molar-refractivity contribution in [3.8, 4) is 5.88 Å². The molecule has 1 heterocycles. The summed E-state index contributed by atoms with van der Waals surface area (Å²) in [6.45, 7) is 2.41. The molecule has 0 saturated carbocycles. The van der Waals surface area contributed by atoms with E-state index in [1.807, 2.05) is 14.0 Å². The van der Waals surface area contributed by atoms with Crippen LogP contribution in [0.1, 0.15) is 11.3 Å². The minimum atomic E-state index is -0.443. The molecule has 102 valence electrons. The van der Waals surface area contributed by atoms with Crippen LogP contribution < -0.4 is 10.1 Å². The number of benzene rings is 1. The summed E-state index contributed by atoms with van der Waals surface area (Å²) in [6, 6.07) is 4.61. The highest BCUT2D eigenvalue weighted by Gasteiger charge is 2.13. The van der Waals surface area contributed by atoms with Gasteiger partial charge < -0.3 is 10.1 Å². The molecule has 1 N–H and O–H groups in total. The lowest BCUT2D eigenvalue weighted by Gasteiger charge is -2.08. The van der Waals surface area contributed by atoms with Crippen LogP contribution in [0.5, 0.6) is 5.88 Å². The van der Waals surface area contributed by atoms with Crippen molar-refractivity contribution in [3.05, 3.63) is 40.3 Å². The summed E-state index contributed by atoms with van der Waals surface area (Å²) in [5.41, 5.74) is 2.48. The summed E-state index contributed by atoms with van der Waals surface area (Å²) < 4.78 is 20.3. The van der Waals surface area contributed by atoms with Crippen LogP contribution in [0.3, 0.4) is 0 Å². The van der Waals surface area contributed by atoms with E-state index in [0.29, 0.717) is 18.1 Å². The summed E-state index contributed by atoms with van der Waals surface area (Å²) in [7, 11) is 3.42. The smallest absolute Gasteiger partial charge is 0.216 e. The Morgan fingerprint density at radius 1 is 1.47 bits per heavy atom. The van der Waals surface area contributed by atoms with Crippen LogP contribution in [0.25, 0.3) is 0 Å². The van der Waals surface area contributed by atoms with Gasteiger partial charge in [-0.15, -0.1) is 0 Å². The maximum absolute atomic E-state index is 13.3. The van der Waals surface area contributed by atoms with Crippen LogP contribution in [0.4, 0.5) is 10.1 Å². The predicted octanol–water partition coefficient (Wildman–Crippen LogP) is 3.14. The normalized spacial score (nSPS) is 10.6. The van der Waals surface area contributed by atoms with Crippen molar-refractivity contribution in [1.82, 2.24) is 9.78 Å². The van der Waals surface area contributed by atoms with Gasteiger partial charge in [0.1, 0.15) is 5.82 Å². The number of halogens is 2. The van der Waals surface area contributed by atoms with Gasteiger partial charge in [-0.1, -0.05) is 11.6 Å². The van der Waals surface area contributed by atoms with Crippen molar-refractivity contribution in [1.29, 1.82) is 0 Å². The fourth-order valence-electron chi connectivity index (χ4n) is 1.94. The Morgan fingerprint density at radius 2 is 2.21 bits per heavy atom. The standard InChI is InChI=1S/C13H15ClFN3O/c1-8-10(13(19-3)18(2)17-8)7-16-9-4-5-11(14)12(15)6-9/h4-6,16H,7H2,1-3H3. The Bertz CT molecular complexity index is 598. The number of ether oxygens (including phenoxy) is 1. The number of nitrogens with zero attached hydrogens (tertiary/aromatic N) is 2. The Kier molecular flexibility index (Phi) is 3.95. The monoisotopic (exact) mass is 283 g/mol. The topological polar surface area (TPSA) is 39.1 Å². The number of aromatic nitrogens is 2. The highest BCUT2D eigenvalue weighted by atomic mass is 35.5. The molecule has 1 aromatic carbocycles. The van der Waals surface area contributed by atoms with E-state index in [0.717, 1.165) is 11.3 Å². The summed E-state index contributed by atoms with van der Waals surface area (Å²) in [5, 5.41) is 7.52. The maximum Gasteiger partial charge on any atom is 0.216 e. The van der Waals surface area contributed by atoms with Gasteiger partial charge in [0, 0.05) is 19.3 Å². The minimum absolute atomic E-state index is 0.112. The summed E-state index contributed by atoms with van der Waals surface area (Å²) in [4.78, 5) is 0. The zero-order chi connectivity index (χ0) is 14.0. The second kappa shape index (κ2) is 5.48. The molecule has 2 aromatic rings. The first-order chi connectivity index (χ1) is 9.02. The van der Waals surface area contributed by atoms with E-state index in [2.05, 4.69) is 10.4 Å². The molecule has 0 bridgehead atoms. The molecular weight excluding hydrogens is 269 g/mol. The van der Waals surface area contributed by atoms with E-state index in [-0.39, 0.29) is 5.02 Å². The predicted molar refractivity (Wildman–Crippen MR) is 73.2 cm³/mol. The number of hydrogen-bond acceptors (Lipinski definition) is 3. The lowest BCUT2D eigenvalue weighted by atomic mass is 10.2. The van der Waals surface area contributed by atoms with Gasteiger partial charge >= 0.3 is 0 Å². The van der Waals surface area contributed by atoms with Gasteiger partial charge in [-0.2, -0.15) is 5.10 Å². The highest BCUT2D eigenvalue weighted by molar-refractivity contribution is 6.30. The zero-order valence-electron chi connectivity index (χ0n) is 11.0. The second-order valence-electron chi connectivity index (χ2n) is 4.18. The molecule has 0 aliphatic carbocycles. The molecule has 2 rings (SSSR count). The molecule has 4 nitrogen and oxygen atoms in total. The largest absolute Gasteiger partial charge is 0.481 e. The van der Waals surface area contributed by atoms with Crippen molar-refractivity contribution in [3.63, 3.8) is 0 Å². The lowest BCUT2D eigenvalue weighted by molar-refractivity contribution is 0.370. The summed E-state index contributed by atoms with van der Waals surface area (Å²) in [5.74, 6) is 0.251. The third kappa shape index (κ3) is 2.81. The van der Waals surface area contributed by atoms with Gasteiger partial charge in [-0.25, -0.2) is 9.07 Å². The van der Waals surface area contributed by atoms with Crippen molar-refractivity contribution >= 4 is 17.3 Å². The first kappa shape index (κ1) is 13.7. The third-order valence-corrected chi connectivity index (χ3v) is 3.18. The number of anilines is 1. The minimum Gasteiger partial charge on any atom is -0.481 e. The Labute approximate surface area is 116 Å². The number of methoxy groups -OCH3 is 1. The highest BCUT2D eigenvalue weighted by Crippen LogP contribution is 2.23. The van der Waals surface area contributed by atoms with Gasteiger partial charge in [0.05, 0.1) is 23.4 Å². The molecule has 0 fully saturated rings. The first-order valence-electron chi connectivity index (χ1n) is 5.78. The van der Waals surface area contributed by atoms with Crippen LogP contribution in [0.2, 0.25) is 5.02 Å². The van der Waals surface area contributed by atoms with Crippen molar-refractivity contribution in [2.75, 3.05) is 12.4 Å². The van der Waals surface area contributed by atoms with Crippen molar-refractivity contribution in [2.24, 2.45) is 7.05 Å². The number of hydrogen-bond donors (Lipinski definition) is 1. The van der Waals surface area contributed by atoms with E-state index in [1.54, 1.807) is 17.9 Å². The van der Waals surface area contributed by atoms with Crippen LogP contribution in [-0.2, 0) is 13.6 Å². The molecule has 0 amide bonds. The fourth-order valence-corrected chi connectivity index (χ4v) is 2.05. The molecule has 1 aromatic heterocycles. The molecule has 0 saturated heterocycles. The molecule has 0 aliphatic rings. The fraction of sp³-hybridized carbons (Fsp3) is 0.308. The molecule has 19 heavy (non-hydrogen) atoms. The average molecular weight is 284 g/mol. The molecular formula is C13H15ClFN3O. The van der Waals surface area contributed by atoms with E-state index >= 15 is 0 Å². The van der Waals surface area contributed by atoms with Crippen LogP contribution in [0, 0.1) is 12.7 Å². The first-order valence-corrected chi connectivity index (χ1v) is 6.16. The summed E-state index contributed by atoms with van der Waals surface area (Å²) in [6.07, 6.45) is 0. The SMILES string of the molecule is COc1c(CNc2ccc(Cl)c(F)c2)c(C)nn1C. The Morgan fingerprint density at radius 3 is 2.84 bits per heavy atom. The Balaban J connectivity index is 2.16. The van der Waals surface area contributed by atoms with Crippen LogP contribution >= 0.6 is 11.6 Å². The zero-order valence-corrected chi connectivity index (χ0v) is 11.8. The van der Waals surface area contributed by atoms with Crippen LogP contribution in [-0.4, -0.2) is 16.9 Å². The average Bonchev–Trinajstić information content (AvgIpc) is 2.64. The number of rotatable bonds is 4. The molecule has 6 heteroatoms. The molecule has 0 unspecified atom stereocenters. The van der Waals surface area contributed by atoms with E-state index in [1.165, 1.54) is 12.1 Å². The second-order valence-corrected chi connectivity index (χ2v) is 4.59. The van der Waals surface area contributed by atoms with Gasteiger partial charge in [0.25, 0.3) is 0 Å². The van der Waals surface area contributed by atoms with Crippen molar-refractivity contribution < 1.29 is 9.13 Å². The quantitative estimate of drug-likeness (QED) is 0.937. The van der Waals surface area contributed by atoms with Gasteiger partial charge in [0.2, 0.25) is 5.88 Å².